The van der Waals surface area contributed by atoms with E-state index in [4.69, 9.17) is 0 Å². The average Bonchev–Trinajstić information content (AvgIpc) is 3.35. The highest BCUT2D eigenvalue weighted by Crippen LogP contribution is 2.34. The van der Waals surface area contributed by atoms with E-state index in [2.05, 4.69) is 24.4 Å². The highest BCUT2D eigenvalue weighted by molar-refractivity contribution is 6.18. The maximum Gasteiger partial charge on any atom is 0.333 e. The summed E-state index contributed by atoms with van der Waals surface area (Å²) in [6.07, 6.45) is 17.3. The summed E-state index contributed by atoms with van der Waals surface area (Å²) >= 11 is 0. The standard InChI is InChI=1S/C37H54N4O3/c1-6-7-8-9-10-13-16-29-19-28-35(42)34(29)17-14-11-12-15-18-36(43)41(33-26-24-32(25-27-33)40(4)5)37(44)38-30-20-22-31(23-21-30)39(2)3/h13,16,20-27,29,34H,6-12,14-15,17-19,28H2,1-5H3,(H,38,44)/b16-13+. The Balaban J connectivity index is 1.51. The third-order valence-corrected chi connectivity index (χ3v) is 8.63. The van der Waals surface area contributed by atoms with E-state index in [1.807, 2.05) is 86.5 Å². The van der Waals surface area contributed by atoms with Crippen molar-refractivity contribution in [1.29, 1.82) is 0 Å². The number of unbranched alkanes of at least 4 members (excludes halogenated alkanes) is 7. The van der Waals surface area contributed by atoms with Gasteiger partial charge in [-0.2, -0.15) is 0 Å². The van der Waals surface area contributed by atoms with Gasteiger partial charge in [0.15, 0.2) is 0 Å². The molecule has 3 rings (SSSR count). The first-order valence-corrected chi connectivity index (χ1v) is 16.6. The van der Waals surface area contributed by atoms with E-state index in [1.54, 1.807) is 0 Å². The number of imide groups is 1. The van der Waals surface area contributed by atoms with Gasteiger partial charge in [-0.05, 0) is 86.6 Å². The number of nitrogens with one attached hydrogen (secondary N) is 1. The molecule has 7 heteroatoms. The smallest absolute Gasteiger partial charge is 0.333 e. The Morgan fingerprint density at radius 1 is 0.795 bits per heavy atom. The minimum atomic E-state index is -0.464. The molecule has 0 radical (unpaired) electrons. The summed E-state index contributed by atoms with van der Waals surface area (Å²) in [6, 6.07) is 14.5. The van der Waals surface area contributed by atoms with Gasteiger partial charge in [0.25, 0.3) is 0 Å². The van der Waals surface area contributed by atoms with Gasteiger partial charge in [0.05, 0.1) is 5.69 Å². The van der Waals surface area contributed by atoms with Crippen molar-refractivity contribution < 1.29 is 14.4 Å². The number of ketones is 1. The molecule has 0 bridgehead atoms. The summed E-state index contributed by atoms with van der Waals surface area (Å²) in [5.74, 6) is 0.735. The Hall–Kier alpha value is -3.61. The predicted molar refractivity (Wildman–Crippen MR) is 185 cm³/mol. The SMILES string of the molecule is CCCCCC/C=C/C1CCC(=O)C1CCCCCCC(=O)N(C(=O)Nc1ccc(N(C)C)cc1)c1ccc(N(C)C)cc1. The molecule has 2 unspecified atom stereocenters. The molecule has 0 heterocycles. The van der Waals surface area contributed by atoms with Crippen LogP contribution in [-0.2, 0) is 9.59 Å². The molecule has 0 aliphatic heterocycles. The molecule has 0 aromatic heterocycles. The molecule has 1 aliphatic carbocycles. The molecule has 1 saturated carbocycles. The zero-order valence-electron chi connectivity index (χ0n) is 27.7. The summed E-state index contributed by atoms with van der Waals surface area (Å²) < 4.78 is 0. The average molecular weight is 603 g/mol. The summed E-state index contributed by atoms with van der Waals surface area (Å²) in [7, 11) is 7.84. The third-order valence-electron chi connectivity index (χ3n) is 8.63. The molecule has 7 nitrogen and oxygen atoms in total. The first-order chi connectivity index (χ1) is 21.2. The van der Waals surface area contributed by atoms with Crippen LogP contribution in [0.3, 0.4) is 0 Å². The third kappa shape index (κ3) is 10.8. The van der Waals surface area contributed by atoms with Crippen LogP contribution in [0.2, 0.25) is 0 Å². The van der Waals surface area contributed by atoms with E-state index in [9.17, 15) is 14.4 Å². The molecule has 240 valence electrons. The molecule has 1 aliphatic rings. The molecule has 3 amide bonds. The van der Waals surface area contributed by atoms with Crippen LogP contribution in [0.25, 0.3) is 0 Å². The Morgan fingerprint density at radius 2 is 1.39 bits per heavy atom. The lowest BCUT2D eigenvalue weighted by molar-refractivity contribution is -0.121. The molecule has 2 atom stereocenters. The van der Waals surface area contributed by atoms with Gasteiger partial charge in [-0.1, -0.05) is 57.6 Å². The zero-order chi connectivity index (χ0) is 31.9. The lowest BCUT2D eigenvalue weighted by Gasteiger charge is -2.23. The van der Waals surface area contributed by atoms with Gasteiger partial charge < -0.3 is 15.1 Å². The number of Topliss-reactive ketones (excluding diaryl/α,β-unsaturated/α-hetero) is 1. The van der Waals surface area contributed by atoms with Crippen molar-refractivity contribution in [2.24, 2.45) is 11.8 Å². The van der Waals surface area contributed by atoms with E-state index < -0.39 is 6.03 Å². The number of benzene rings is 2. The molecule has 2 aromatic carbocycles. The molecule has 0 spiro atoms. The normalized spacial score (nSPS) is 16.3. The number of amides is 3. The van der Waals surface area contributed by atoms with Gasteiger partial charge >= 0.3 is 6.03 Å². The lowest BCUT2D eigenvalue weighted by atomic mass is 9.89. The van der Waals surface area contributed by atoms with E-state index in [1.165, 1.54) is 30.6 Å². The first-order valence-electron chi connectivity index (χ1n) is 16.6. The van der Waals surface area contributed by atoms with Crippen LogP contribution in [0.1, 0.15) is 90.4 Å². The fraction of sp³-hybridized carbons (Fsp3) is 0.541. The van der Waals surface area contributed by atoms with Crippen LogP contribution in [0.5, 0.6) is 0 Å². The second-order valence-corrected chi connectivity index (χ2v) is 12.5. The lowest BCUT2D eigenvalue weighted by Crippen LogP contribution is -2.40. The Bertz CT molecular complexity index is 1200. The van der Waals surface area contributed by atoms with E-state index in [0.29, 0.717) is 35.9 Å². The summed E-state index contributed by atoms with van der Waals surface area (Å²) in [5.41, 5.74) is 3.20. The molecular weight excluding hydrogens is 548 g/mol. The molecule has 44 heavy (non-hydrogen) atoms. The molecule has 1 N–H and O–H groups in total. The number of carbonyl (C=O) groups excluding carboxylic acids is 3. The highest BCUT2D eigenvalue weighted by Gasteiger charge is 2.32. The van der Waals surface area contributed by atoms with Crippen LogP contribution in [0.4, 0.5) is 27.5 Å². The maximum atomic E-state index is 13.4. The minimum Gasteiger partial charge on any atom is -0.378 e. The van der Waals surface area contributed by atoms with Crippen molar-refractivity contribution >= 4 is 40.5 Å². The van der Waals surface area contributed by atoms with Crippen LogP contribution < -0.4 is 20.0 Å². The van der Waals surface area contributed by atoms with Crippen molar-refractivity contribution in [2.75, 3.05) is 48.2 Å². The Kier molecular flexibility index (Phi) is 14.5. The Morgan fingerprint density at radius 3 is 2.02 bits per heavy atom. The van der Waals surface area contributed by atoms with Crippen LogP contribution in [-0.4, -0.2) is 45.9 Å². The fourth-order valence-corrected chi connectivity index (χ4v) is 5.90. The topological polar surface area (TPSA) is 73.0 Å². The van der Waals surface area contributed by atoms with Gasteiger partial charge in [-0.15, -0.1) is 0 Å². The van der Waals surface area contributed by atoms with Crippen molar-refractivity contribution in [3.8, 4) is 0 Å². The zero-order valence-corrected chi connectivity index (χ0v) is 27.7. The summed E-state index contributed by atoms with van der Waals surface area (Å²) in [6.45, 7) is 2.23. The number of hydrogen-bond acceptors (Lipinski definition) is 5. The molecule has 0 saturated heterocycles. The van der Waals surface area contributed by atoms with Gasteiger partial charge in [-0.3, -0.25) is 9.59 Å². The number of anilines is 4. The predicted octanol–water partition coefficient (Wildman–Crippen LogP) is 8.85. The highest BCUT2D eigenvalue weighted by atomic mass is 16.2. The molecule has 2 aromatic rings. The van der Waals surface area contributed by atoms with Crippen molar-refractivity contribution in [3.63, 3.8) is 0 Å². The fourth-order valence-electron chi connectivity index (χ4n) is 5.90. The first kappa shape index (κ1) is 34.9. The van der Waals surface area contributed by atoms with E-state index in [0.717, 1.165) is 49.9 Å². The van der Waals surface area contributed by atoms with Crippen molar-refractivity contribution in [3.05, 3.63) is 60.7 Å². The van der Waals surface area contributed by atoms with Crippen molar-refractivity contribution in [2.45, 2.75) is 90.4 Å². The van der Waals surface area contributed by atoms with Gasteiger partial charge in [0.1, 0.15) is 5.78 Å². The number of allylic oxidation sites excluding steroid dienone is 2. The number of nitrogens with zero attached hydrogens (tertiary/aromatic N) is 3. The van der Waals surface area contributed by atoms with Gasteiger partial charge in [0, 0.05) is 64.0 Å². The Labute approximate surface area is 265 Å². The number of urea groups is 1. The molecular formula is C37H54N4O3. The number of rotatable bonds is 17. The second-order valence-electron chi connectivity index (χ2n) is 12.5. The van der Waals surface area contributed by atoms with Crippen LogP contribution in [0, 0.1) is 11.8 Å². The maximum absolute atomic E-state index is 13.4. The van der Waals surface area contributed by atoms with Gasteiger partial charge in [0.2, 0.25) is 5.91 Å². The quantitative estimate of drug-likeness (QED) is 0.145. The van der Waals surface area contributed by atoms with Crippen molar-refractivity contribution in [1.82, 2.24) is 0 Å². The summed E-state index contributed by atoms with van der Waals surface area (Å²) in [4.78, 5) is 44.6. The van der Waals surface area contributed by atoms with Crippen LogP contribution in [0.15, 0.2) is 60.7 Å². The van der Waals surface area contributed by atoms with Gasteiger partial charge in [-0.25, -0.2) is 9.69 Å². The monoisotopic (exact) mass is 602 g/mol. The van der Waals surface area contributed by atoms with Crippen LogP contribution >= 0.6 is 0 Å². The van der Waals surface area contributed by atoms with E-state index >= 15 is 0 Å². The second kappa shape index (κ2) is 18.3. The van der Waals surface area contributed by atoms with E-state index in [-0.39, 0.29) is 18.2 Å². The minimum absolute atomic E-state index is 0.152. The largest absolute Gasteiger partial charge is 0.378 e. The summed E-state index contributed by atoms with van der Waals surface area (Å²) in [5, 5.41) is 2.90. The number of carbonyl (C=O) groups is 3. The molecule has 1 fully saturated rings. The number of hydrogen-bond donors (Lipinski definition) is 1.